The van der Waals surface area contributed by atoms with Crippen LogP contribution in [0.3, 0.4) is 0 Å². The second-order valence-electron chi connectivity index (χ2n) is 4.55. The molecule has 0 spiro atoms. The summed E-state index contributed by atoms with van der Waals surface area (Å²) < 4.78 is 22.6. The molecule has 108 valence electrons. The van der Waals surface area contributed by atoms with Gasteiger partial charge in [-0.15, -0.1) is 0 Å². The van der Waals surface area contributed by atoms with Crippen LogP contribution in [0.1, 0.15) is 5.56 Å². The van der Waals surface area contributed by atoms with Crippen molar-refractivity contribution in [3.8, 4) is 6.07 Å². The van der Waals surface area contributed by atoms with E-state index in [4.69, 9.17) is 4.74 Å². The Morgan fingerprint density at radius 1 is 1.29 bits per heavy atom. The first-order valence-corrected chi connectivity index (χ1v) is 7.30. The molecule has 3 rings (SSSR count). The maximum atomic E-state index is 12.9. The van der Waals surface area contributed by atoms with Crippen LogP contribution in [0.25, 0.3) is 0 Å². The SMILES string of the molecule is N#Cc1c(N2CCOCC2)nsc1Nc1ccc(F)cc1. The van der Waals surface area contributed by atoms with Gasteiger partial charge in [0.25, 0.3) is 0 Å². The van der Waals surface area contributed by atoms with Gasteiger partial charge >= 0.3 is 0 Å². The Hall–Kier alpha value is -2.17. The molecule has 2 aromatic rings. The van der Waals surface area contributed by atoms with Gasteiger partial charge in [-0.1, -0.05) is 0 Å². The number of halogens is 1. The lowest BCUT2D eigenvalue weighted by Crippen LogP contribution is -2.36. The van der Waals surface area contributed by atoms with Crippen molar-refractivity contribution >= 4 is 28.0 Å². The largest absolute Gasteiger partial charge is 0.378 e. The Labute approximate surface area is 125 Å². The van der Waals surface area contributed by atoms with Crippen molar-refractivity contribution in [3.05, 3.63) is 35.6 Å². The van der Waals surface area contributed by atoms with Crippen LogP contribution in [0.15, 0.2) is 24.3 Å². The fourth-order valence-electron chi connectivity index (χ4n) is 2.12. The number of morpholine rings is 1. The van der Waals surface area contributed by atoms with Crippen molar-refractivity contribution in [3.63, 3.8) is 0 Å². The van der Waals surface area contributed by atoms with Crippen molar-refractivity contribution in [2.24, 2.45) is 0 Å². The van der Waals surface area contributed by atoms with Crippen LogP contribution in [-0.4, -0.2) is 30.7 Å². The lowest BCUT2D eigenvalue weighted by Gasteiger charge is -2.26. The first-order valence-electron chi connectivity index (χ1n) is 6.53. The minimum Gasteiger partial charge on any atom is -0.378 e. The smallest absolute Gasteiger partial charge is 0.162 e. The number of nitriles is 1. The number of rotatable bonds is 3. The summed E-state index contributed by atoms with van der Waals surface area (Å²) >= 11 is 1.23. The third-order valence-corrected chi connectivity index (χ3v) is 3.95. The number of aromatic nitrogens is 1. The fourth-order valence-corrected chi connectivity index (χ4v) is 2.90. The second-order valence-corrected chi connectivity index (χ2v) is 5.33. The van der Waals surface area contributed by atoms with Gasteiger partial charge in [0.1, 0.15) is 22.5 Å². The molecule has 1 fully saturated rings. The van der Waals surface area contributed by atoms with Crippen LogP contribution in [0.2, 0.25) is 0 Å². The Kier molecular flexibility index (Phi) is 3.99. The minimum atomic E-state index is -0.292. The Balaban J connectivity index is 1.84. The molecule has 1 aromatic carbocycles. The zero-order chi connectivity index (χ0) is 14.7. The van der Waals surface area contributed by atoms with Gasteiger partial charge in [0.05, 0.1) is 13.2 Å². The highest BCUT2D eigenvalue weighted by molar-refractivity contribution is 7.10. The number of nitrogens with one attached hydrogen (secondary N) is 1. The lowest BCUT2D eigenvalue weighted by atomic mass is 10.2. The van der Waals surface area contributed by atoms with E-state index in [1.54, 1.807) is 12.1 Å². The summed E-state index contributed by atoms with van der Waals surface area (Å²) in [5, 5.41) is 13.2. The van der Waals surface area contributed by atoms with E-state index in [9.17, 15) is 9.65 Å². The van der Waals surface area contributed by atoms with E-state index in [0.29, 0.717) is 29.6 Å². The number of anilines is 3. The van der Waals surface area contributed by atoms with Crippen LogP contribution in [0, 0.1) is 17.1 Å². The topological polar surface area (TPSA) is 61.2 Å². The first-order chi connectivity index (χ1) is 10.3. The highest BCUT2D eigenvalue weighted by Gasteiger charge is 2.21. The lowest BCUT2D eigenvalue weighted by molar-refractivity contribution is 0.122. The molecule has 1 N–H and O–H groups in total. The zero-order valence-corrected chi connectivity index (χ0v) is 12.0. The van der Waals surface area contributed by atoms with Gasteiger partial charge < -0.3 is 15.0 Å². The minimum absolute atomic E-state index is 0.292. The zero-order valence-electron chi connectivity index (χ0n) is 11.2. The number of ether oxygens (including phenoxy) is 1. The number of benzene rings is 1. The third-order valence-electron chi connectivity index (χ3n) is 3.20. The molecule has 0 unspecified atom stereocenters. The molecule has 1 aromatic heterocycles. The van der Waals surface area contributed by atoms with Crippen molar-refractivity contribution in [2.75, 3.05) is 36.5 Å². The summed E-state index contributed by atoms with van der Waals surface area (Å²) in [6, 6.07) is 8.21. The van der Waals surface area contributed by atoms with Gasteiger partial charge in [0, 0.05) is 18.8 Å². The van der Waals surface area contributed by atoms with Crippen LogP contribution in [0.5, 0.6) is 0 Å². The van der Waals surface area contributed by atoms with Crippen LogP contribution in [0.4, 0.5) is 20.9 Å². The molecule has 21 heavy (non-hydrogen) atoms. The predicted octanol–water partition coefficient (Wildman–Crippen LogP) is 2.73. The van der Waals surface area contributed by atoms with E-state index in [2.05, 4.69) is 15.8 Å². The Morgan fingerprint density at radius 3 is 2.67 bits per heavy atom. The Bertz CT molecular complexity index is 659. The van der Waals surface area contributed by atoms with Crippen molar-refractivity contribution in [1.82, 2.24) is 4.37 Å². The van der Waals surface area contributed by atoms with Gasteiger partial charge in [-0.25, -0.2) is 4.39 Å². The Morgan fingerprint density at radius 2 is 2.00 bits per heavy atom. The quantitative estimate of drug-likeness (QED) is 0.944. The van der Waals surface area contributed by atoms with Crippen LogP contribution < -0.4 is 10.2 Å². The summed E-state index contributed by atoms with van der Waals surface area (Å²) in [5.41, 5.74) is 1.25. The van der Waals surface area contributed by atoms with Crippen LogP contribution >= 0.6 is 11.5 Å². The molecule has 0 amide bonds. The molecule has 7 heteroatoms. The van der Waals surface area contributed by atoms with Gasteiger partial charge in [0.2, 0.25) is 0 Å². The fraction of sp³-hybridized carbons (Fsp3) is 0.286. The summed E-state index contributed by atoms with van der Waals surface area (Å²) in [7, 11) is 0. The molecule has 1 aliphatic heterocycles. The maximum absolute atomic E-state index is 12.9. The molecular formula is C14H13FN4OS. The van der Waals surface area contributed by atoms with E-state index in [1.807, 2.05) is 4.90 Å². The molecule has 0 radical (unpaired) electrons. The number of hydrogen-bond acceptors (Lipinski definition) is 6. The molecule has 1 saturated heterocycles. The third kappa shape index (κ3) is 2.96. The van der Waals surface area contributed by atoms with E-state index in [1.165, 1.54) is 23.7 Å². The molecule has 2 heterocycles. The molecule has 1 aliphatic rings. The van der Waals surface area contributed by atoms with Crippen LogP contribution in [-0.2, 0) is 4.74 Å². The first kappa shape index (κ1) is 13.8. The standard InChI is InChI=1S/C14H13FN4OS/c15-10-1-3-11(4-2-10)17-14-12(9-16)13(18-21-14)19-5-7-20-8-6-19/h1-4,17H,5-8H2. The normalized spacial score (nSPS) is 14.8. The predicted molar refractivity (Wildman–Crippen MR) is 79.5 cm³/mol. The van der Waals surface area contributed by atoms with Gasteiger partial charge in [-0.05, 0) is 35.8 Å². The molecule has 0 atom stereocenters. The van der Waals surface area contributed by atoms with E-state index in [-0.39, 0.29) is 5.82 Å². The highest BCUT2D eigenvalue weighted by Crippen LogP contribution is 2.33. The van der Waals surface area contributed by atoms with Gasteiger partial charge in [0.15, 0.2) is 5.82 Å². The highest BCUT2D eigenvalue weighted by atomic mass is 32.1. The molecule has 0 aliphatic carbocycles. The number of nitrogens with zero attached hydrogens (tertiary/aromatic N) is 3. The molecule has 0 saturated carbocycles. The summed E-state index contributed by atoms with van der Waals surface area (Å²) in [6.07, 6.45) is 0. The summed E-state index contributed by atoms with van der Waals surface area (Å²) in [6.45, 7) is 2.75. The summed E-state index contributed by atoms with van der Waals surface area (Å²) in [4.78, 5) is 2.05. The van der Waals surface area contributed by atoms with E-state index >= 15 is 0 Å². The molecule has 5 nitrogen and oxygen atoms in total. The molecule has 0 bridgehead atoms. The van der Waals surface area contributed by atoms with E-state index in [0.717, 1.165) is 18.8 Å². The number of hydrogen-bond donors (Lipinski definition) is 1. The molecular weight excluding hydrogens is 291 g/mol. The summed E-state index contributed by atoms with van der Waals surface area (Å²) in [5.74, 6) is 0.398. The van der Waals surface area contributed by atoms with Crippen molar-refractivity contribution in [2.45, 2.75) is 0 Å². The average molecular weight is 304 g/mol. The average Bonchev–Trinajstić information content (AvgIpc) is 2.93. The monoisotopic (exact) mass is 304 g/mol. The van der Waals surface area contributed by atoms with Crippen molar-refractivity contribution < 1.29 is 9.13 Å². The van der Waals surface area contributed by atoms with Gasteiger partial charge in [-0.2, -0.15) is 9.64 Å². The maximum Gasteiger partial charge on any atom is 0.162 e. The van der Waals surface area contributed by atoms with E-state index < -0.39 is 0 Å². The van der Waals surface area contributed by atoms with Gasteiger partial charge in [-0.3, -0.25) is 0 Å². The van der Waals surface area contributed by atoms with Crippen molar-refractivity contribution in [1.29, 1.82) is 5.26 Å². The second kappa shape index (κ2) is 6.08.